The van der Waals surface area contributed by atoms with Gasteiger partial charge in [0.15, 0.2) is 0 Å². The molecule has 10 heteroatoms. The van der Waals surface area contributed by atoms with Gasteiger partial charge in [-0.1, -0.05) is 41.9 Å². The van der Waals surface area contributed by atoms with Gasteiger partial charge in [-0.2, -0.15) is 13.2 Å². The van der Waals surface area contributed by atoms with E-state index in [1.807, 2.05) is 5.32 Å². The summed E-state index contributed by atoms with van der Waals surface area (Å²) in [6.07, 6.45) is -5.02. The van der Waals surface area contributed by atoms with Gasteiger partial charge in [-0.15, -0.1) is 0 Å². The number of methoxy groups -OCH3 is 1. The van der Waals surface area contributed by atoms with Crippen LogP contribution >= 0.6 is 11.6 Å². The molecule has 1 atom stereocenters. The summed E-state index contributed by atoms with van der Waals surface area (Å²) >= 11 is 6.00. The fraction of sp³-hybridized carbons (Fsp3) is 0.300. The first-order valence-corrected chi connectivity index (χ1v) is 9.25. The van der Waals surface area contributed by atoms with E-state index in [0.29, 0.717) is 21.2 Å². The molecular weight excluding hydrogens is 423 g/mol. The van der Waals surface area contributed by atoms with E-state index in [1.165, 1.54) is 30.2 Å². The molecule has 1 saturated heterocycles. The Morgan fingerprint density at radius 1 is 1.17 bits per heavy atom. The maximum absolute atomic E-state index is 14.0. The maximum atomic E-state index is 14.0. The summed E-state index contributed by atoms with van der Waals surface area (Å²) < 4.78 is 47.3. The normalized spacial score (nSPS) is 19.4. The average Bonchev–Trinajstić information content (AvgIpc) is 2.94. The van der Waals surface area contributed by atoms with Crippen LogP contribution in [0.5, 0.6) is 5.75 Å². The number of alkyl halides is 3. The molecule has 0 bridgehead atoms. The quantitative estimate of drug-likeness (QED) is 0.694. The van der Waals surface area contributed by atoms with Gasteiger partial charge in [0.2, 0.25) is 5.54 Å². The van der Waals surface area contributed by atoms with E-state index in [2.05, 4.69) is 0 Å². The molecule has 160 valence electrons. The number of hydrogen-bond acceptors (Lipinski definition) is 4. The van der Waals surface area contributed by atoms with Crippen LogP contribution in [0.25, 0.3) is 0 Å². The van der Waals surface area contributed by atoms with Crippen molar-refractivity contribution in [1.29, 1.82) is 0 Å². The number of benzene rings is 2. The third-order valence-corrected chi connectivity index (χ3v) is 5.04. The first-order valence-electron chi connectivity index (χ1n) is 8.87. The van der Waals surface area contributed by atoms with Crippen LogP contribution in [0, 0.1) is 0 Å². The van der Waals surface area contributed by atoms with Crippen molar-refractivity contribution in [3.05, 3.63) is 64.7 Å². The maximum Gasteiger partial charge on any atom is 0.425 e. The summed E-state index contributed by atoms with van der Waals surface area (Å²) in [6.45, 7) is -0.170. The van der Waals surface area contributed by atoms with Crippen LogP contribution in [-0.2, 0) is 16.9 Å². The highest BCUT2D eigenvalue weighted by atomic mass is 35.5. The van der Waals surface area contributed by atoms with Crippen LogP contribution in [0.3, 0.4) is 0 Å². The van der Waals surface area contributed by atoms with Gasteiger partial charge in [-0.3, -0.25) is 9.69 Å². The molecule has 3 amide bonds. The number of nitrogens with one attached hydrogen (secondary N) is 1. The van der Waals surface area contributed by atoms with Gasteiger partial charge in [0, 0.05) is 17.1 Å². The topological polar surface area (TPSA) is 61.9 Å². The monoisotopic (exact) mass is 441 g/mol. The number of carbonyl (C=O) groups excluding carboxylic acids is 2. The van der Waals surface area contributed by atoms with Crippen LogP contribution < -0.4 is 10.1 Å². The molecule has 2 aromatic rings. The lowest BCUT2D eigenvalue weighted by Crippen LogP contribution is -2.56. The van der Waals surface area contributed by atoms with Gasteiger partial charge in [-0.25, -0.2) is 9.69 Å². The number of imide groups is 1. The molecule has 3 rings (SSSR count). The van der Waals surface area contributed by atoms with E-state index in [4.69, 9.17) is 16.3 Å². The van der Waals surface area contributed by atoms with E-state index in [0.717, 1.165) is 12.1 Å². The SMILES string of the molecule is COc1ccc(Cl)cc1CN(C)CN1C(=O)NC(c2ccccc2)(C(F)(F)F)C1=O. The van der Waals surface area contributed by atoms with Crippen molar-refractivity contribution in [3.8, 4) is 5.75 Å². The molecule has 1 fully saturated rings. The lowest BCUT2D eigenvalue weighted by molar-refractivity contribution is -0.198. The number of rotatable bonds is 6. The second-order valence-electron chi connectivity index (χ2n) is 6.89. The van der Waals surface area contributed by atoms with Gasteiger partial charge in [0.25, 0.3) is 5.91 Å². The van der Waals surface area contributed by atoms with Gasteiger partial charge >= 0.3 is 12.2 Å². The second kappa shape index (κ2) is 8.16. The molecule has 1 heterocycles. The van der Waals surface area contributed by atoms with Gasteiger partial charge < -0.3 is 10.1 Å². The van der Waals surface area contributed by atoms with E-state index < -0.39 is 23.7 Å². The summed E-state index contributed by atoms with van der Waals surface area (Å²) in [5.41, 5.74) is -2.82. The molecule has 2 aromatic carbocycles. The molecule has 1 aliphatic rings. The van der Waals surface area contributed by atoms with Gasteiger partial charge in [0.05, 0.1) is 13.8 Å². The number of amides is 3. The summed E-state index contributed by atoms with van der Waals surface area (Å²) in [5.74, 6) is -0.853. The Balaban J connectivity index is 1.87. The summed E-state index contributed by atoms with van der Waals surface area (Å²) in [4.78, 5) is 27.4. The number of ether oxygens (including phenoxy) is 1. The number of nitrogens with zero attached hydrogens (tertiary/aromatic N) is 2. The number of hydrogen-bond donors (Lipinski definition) is 1. The Bertz CT molecular complexity index is 955. The molecular formula is C20H19ClF3N3O3. The highest BCUT2D eigenvalue weighted by molar-refractivity contribution is 6.30. The summed E-state index contributed by atoms with van der Waals surface area (Å²) in [6, 6.07) is 10.4. The smallest absolute Gasteiger partial charge is 0.425 e. The molecule has 0 radical (unpaired) electrons. The number of carbonyl (C=O) groups is 2. The van der Waals surface area contributed by atoms with Gasteiger partial charge in [-0.05, 0) is 30.8 Å². The van der Waals surface area contributed by atoms with Crippen molar-refractivity contribution in [1.82, 2.24) is 15.1 Å². The fourth-order valence-corrected chi connectivity index (χ4v) is 3.59. The fourth-order valence-electron chi connectivity index (χ4n) is 3.40. The average molecular weight is 442 g/mol. The van der Waals surface area contributed by atoms with Crippen LogP contribution in [-0.4, -0.2) is 48.7 Å². The lowest BCUT2D eigenvalue weighted by atomic mass is 9.89. The van der Waals surface area contributed by atoms with Crippen molar-refractivity contribution >= 4 is 23.5 Å². The van der Waals surface area contributed by atoms with Crippen LogP contribution in [0.1, 0.15) is 11.1 Å². The molecule has 1 aliphatic heterocycles. The van der Waals surface area contributed by atoms with E-state index in [9.17, 15) is 22.8 Å². The molecule has 0 aliphatic carbocycles. The molecule has 1 unspecified atom stereocenters. The first kappa shape index (κ1) is 21.9. The van der Waals surface area contributed by atoms with Crippen LogP contribution in [0.15, 0.2) is 48.5 Å². The van der Waals surface area contributed by atoms with Crippen molar-refractivity contribution in [2.45, 2.75) is 18.3 Å². The molecule has 0 spiro atoms. The Morgan fingerprint density at radius 2 is 1.83 bits per heavy atom. The molecule has 30 heavy (non-hydrogen) atoms. The minimum absolute atomic E-state index is 0.186. The van der Waals surface area contributed by atoms with E-state index in [-0.39, 0.29) is 18.8 Å². The zero-order valence-electron chi connectivity index (χ0n) is 16.2. The zero-order chi connectivity index (χ0) is 22.1. The predicted molar refractivity (Wildman–Crippen MR) is 104 cm³/mol. The summed E-state index contributed by atoms with van der Waals surface area (Å²) in [5, 5.41) is 2.32. The molecule has 0 aromatic heterocycles. The third kappa shape index (κ3) is 3.82. The standard InChI is InChI=1S/C20H19ClF3N3O3/c1-26(11-13-10-15(21)8-9-16(13)30-2)12-27-17(28)19(20(22,23)24,25-18(27)29)14-6-4-3-5-7-14/h3-10H,11-12H2,1-2H3,(H,25,29). The Kier molecular flexibility index (Phi) is 5.96. The predicted octanol–water partition coefficient (Wildman–Crippen LogP) is 3.75. The van der Waals surface area contributed by atoms with Crippen molar-refractivity contribution in [2.75, 3.05) is 20.8 Å². The Hall–Kier alpha value is -2.78. The second-order valence-corrected chi connectivity index (χ2v) is 7.33. The number of halogens is 4. The molecule has 0 saturated carbocycles. The summed E-state index contributed by atoms with van der Waals surface area (Å²) in [7, 11) is 3.04. The van der Waals surface area contributed by atoms with Crippen molar-refractivity contribution in [3.63, 3.8) is 0 Å². The minimum Gasteiger partial charge on any atom is -0.496 e. The zero-order valence-corrected chi connectivity index (χ0v) is 16.9. The Morgan fingerprint density at radius 3 is 2.43 bits per heavy atom. The van der Waals surface area contributed by atoms with Crippen molar-refractivity contribution in [2.24, 2.45) is 0 Å². The third-order valence-electron chi connectivity index (χ3n) is 4.80. The van der Waals surface area contributed by atoms with Crippen LogP contribution in [0.2, 0.25) is 5.02 Å². The van der Waals surface area contributed by atoms with Crippen molar-refractivity contribution < 1.29 is 27.5 Å². The number of urea groups is 1. The van der Waals surface area contributed by atoms with E-state index >= 15 is 0 Å². The van der Waals surface area contributed by atoms with Crippen LogP contribution in [0.4, 0.5) is 18.0 Å². The molecule has 1 N–H and O–H groups in total. The first-order chi connectivity index (χ1) is 14.1. The molecule has 6 nitrogen and oxygen atoms in total. The highest BCUT2D eigenvalue weighted by Gasteiger charge is 2.68. The lowest BCUT2D eigenvalue weighted by Gasteiger charge is -2.30. The van der Waals surface area contributed by atoms with Gasteiger partial charge in [0.1, 0.15) is 5.75 Å². The van der Waals surface area contributed by atoms with E-state index in [1.54, 1.807) is 25.2 Å². The highest BCUT2D eigenvalue weighted by Crippen LogP contribution is 2.43. The minimum atomic E-state index is -5.02. The Labute approximate surface area is 176 Å². The largest absolute Gasteiger partial charge is 0.496 e.